The Morgan fingerprint density at radius 3 is 2.80 bits per heavy atom. The van der Waals surface area contributed by atoms with Gasteiger partial charge in [-0.15, -0.1) is 0 Å². The van der Waals surface area contributed by atoms with Gasteiger partial charge in [0.25, 0.3) is 5.91 Å². The van der Waals surface area contributed by atoms with Crippen LogP contribution in [0.3, 0.4) is 0 Å². The lowest BCUT2D eigenvalue weighted by Gasteiger charge is -2.37. The molecule has 9 heteroatoms. The van der Waals surface area contributed by atoms with E-state index in [4.69, 9.17) is 16.3 Å². The molecule has 0 spiro atoms. The molecule has 1 saturated heterocycles. The fourth-order valence-corrected chi connectivity index (χ4v) is 2.97. The van der Waals surface area contributed by atoms with Crippen molar-refractivity contribution in [3.8, 4) is 0 Å². The van der Waals surface area contributed by atoms with E-state index in [0.29, 0.717) is 42.8 Å². The van der Waals surface area contributed by atoms with Crippen LogP contribution in [0.2, 0.25) is 5.15 Å². The van der Waals surface area contributed by atoms with Crippen LogP contribution in [0, 0.1) is 5.92 Å². The first-order valence-electron chi connectivity index (χ1n) is 8.46. The molecule has 2 rings (SSSR count). The predicted octanol–water partition coefficient (Wildman–Crippen LogP) is 2.15. The predicted molar refractivity (Wildman–Crippen MR) is 93.0 cm³/mol. The van der Waals surface area contributed by atoms with Crippen LogP contribution in [0.25, 0.3) is 0 Å². The molecule has 8 nitrogen and oxygen atoms in total. The Morgan fingerprint density at radius 2 is 2.24 bits per heavy atom. The molecular weight excluding hydrogens is 348 g/mol. The number of hydrogen-bond donors (Lipinski definition) is 3. The Labute approximate surface area is 151 Å². The van der Waals surface area contributed by atoms with Crippen molar-refractivity contribution in [2.45, 2.75) is 45.8 Å². The molecule has 2 amide bonds. The maximum atomic E-state index is 12.4. The summed E-state index contributed by atoms with van der Waals surface area (Å²) in [6, 6.07) is -0.282. The Kier molecular flexibility index (Phi) is 6.66. The Hall–Kier alpha value is -1.80. The fourth-order valence-electron chi connectivity index (χ4n) is 2.71. The maximum absolute atomic E-state index is 12.4. The average Bonchev–Trinajstić information content (AvgIpc) is 2.94. The second-order valence-electron chi connectivity index (χ2n) is 6.57. The van der Waals surface area contributed by atoms with Gasteiger partial charge in [0, 0.05) is 13.2 Å². The zero-order valence-corrected chi connectivity index (χ0v) is 15.5. The minimum absolute atomic E-state index is 0.158. The number of carbonyl (C=O) groups excluding carboxylic acids is 1. The third-order valence-electron chi connectivity index (χ3n) is 4.09. The summed E-state index contributed by atoms with van der Waals surface area (Å²) < 4.78 is 5.85. The number of ether oxygens (including phenoxy) is 1. The van der Waals surface area contributed by atoms with Crippen molar-refractivity contribution in [1.29, 1.82) is 0 Å². The molecule has 0 bridgehead atoms. The number of carbonyl (C=O) groups is 2. The molecule has 140 valence electrons. The number of likely N-dealkylation sites (tertiary alicyclic amines) is 1. The van der Waals surface area contributed by atoms with Crippen molar-refractivity contribution in [3.05, 3.63) is 16.7 Å². The van der Waals surface area contributed by atoms with Gasteiger partial charge in [0.1, 0.15) is 0 Å². The summed E-state index contributed by atoms with van der Waals surface area (Å²) >= 11 is 5.98. The summed E-state index contributed by atoms with van der Waals surface area (Å²) in [6.07, 6.45) is -0.243. The van der Waals surface area contributed by atoms with E-state index in [2.05, 4.69) is 15.3 Å². The fraction of sp³-hybridized carbons (Fsp3) is 0.688. The Balaban J connectivity index is 2.05. The molecule has 0 aromatic carbocycles. The number of aromatic amines is 1. The van der Waals surface area contributed by atoms with Gasteiger partial charge in [0.15, 0.2) is 11.0 Å². The van der Waals surface area contributed by atoms with E-state index in [9.17, 15) is 14.7 Å². The lowest BCUT2D eigenvalue weighted by Crippen LogP contribution is -2.56. The highest BCUT2D eigenvalue weighted by atomic mass is 35.5. The number of H-pyrrole nitrogens is 1. The summed E-state index contributed by atoms with van der Waals surface area (Å²) in [4.78, 5) is 31.9. The highest BCUT2D eigenvalue weighted by Crippen LogP contribution is 2.17. The SMILES string of the molecule is CCc1[nH]c(C(=O)N[C@@H]2CCN(C(=O)O)C[C@@H]2OCC(C)C)nc1Cl. The third-order valence-corrected chi connectivity index (χ3v) is 4.40. The molecule has 1 aromatic heterocycles. The first-order valence-corrected chi connectivity index (χ1v) is 8.84. The monoisotopic (exact) mass is 372 g/mol. The third kappa shape index (κ3) is 5.09. The molecule has 2 heterocycles. The van der Waals surface area contributed by atoms with Gasteiger partial charge in [-0.05, 0) is 18.8 Å². The minimum atomic E-state index is -0.978. The van der Waals surface area contributed by atoms with Crippen LogP contribution in [-0.4, -0.2) is 63.8 Å². The normalized spacial score (nSPS) is 20.8. The van der Waals surface area contributed by atoms with Gasteiger partial charge in [0.2, 0.25) is 0 Å². The van der Waals surface area contributed by atoms with E-state index in [1.54, 1.807) is 0 Å². The van der Waals surface area contributed by atoms with E-state index in [1.165, 1.54) is 4.90 Å². The lowest BCUT2D eigenvalue weighted by molar-refractivity contribution is -0.0261. The Bertz CT molecular complexity index is 619. The first kappa shape index (κ1) is 19.5. The maximum Gasteiger partial charge on any atom is 0.407 e. The summed E-state index contributed by atoms with van der Waals surface area (Å²) in [5, 5.41) is 12.4. The summed E-state index contributed by atoms with van der Waals surface area (Å²) in [5.74, 6) is 0.103. The van der Waals surface area contributed by atoms with E-state index in [-0.39, 0.29) is 24.3 Å². The van der Waals surface area contributed by atoms with Gasteiger partial charge in [0.05, 0.1) is 24.4 Å². The molecule has 1 aliphatic heterocycles. The number of halogens is 1. The molecule has 0 aliphatic carbocycles. The first-order chi connectivity index (χ1) is 11.8. The number of nitrogens with zero attached hydrogens (tertiary/aromatic N) is 2. The van der Waals surface area contributed by atoms with Crippen LogP contribution in [-0.2, 0) is 11.2 Å². The summed E-state index contributed by atoms with van der Waals surface area (Å²) in [5.41, 5.74) is 0.708. The smallest absolute Gasteiger partial charge is 0.407 e. The van der Waals surface area contributed by atoms with Gasteiger partial charge >= 0.3 is 6.09 Å². The number of nitrogens with one attached hydrogen (secondary N) is 2. The largest absolute Gasteiger partial charge is 0.465 e. The summed E-state index contributed by atoms with van der Waals surface area (Å²) in [6.45, 7) is 7.02. The second kappa shape index (κ2) is 8.53. The number of aromatic nitrogens is 2. The average molecular weight is 373 g/mol. The minimum Gasteiger partial charge on any atom is -0.465 e. The molecule has 0 saturated carbocycles. The van der Waals surface area contributed by atoms with Crippen molar-refractivity contribution in [3.63, 3.8) is 0 Å². The zero-order chi connectivity index (χ0) is 18.6. The van der Waals surface area contributed by atoms with Gasteiger partial charge < -0.3 is 25.0 Å². The van der Waals surface area contributed by atoms with Crippen molar-refractivity contribution in [2.75, 3.05) is 19.7 Å². The molecule has 1 fully saturated rings. The molecule has 3 N–H and O–H groups in total. The van der Waals surface area contributed by atoms with Crippen molar-refractivity contribution in [2.24, 2.45) is 5.92 Å². The van der Waals surface area contributed by atoms with Crippen LogP contribution in [0.4, 0.5) is 4.79 Å². The second-order valence-corrected chi connectivity index (χ2v) is 6.93. The molecule has 2 atom stereocenters. The lowest BCUT2D eigenvalue weighted by atomic mass is 10.0. The number of hydrogen-bond acceptors (Lipinski definition) is 4. The van der Waals surface area contributed by atoms with Crippen molar-refractivity contribution >= 4 is 23.6 Å². The van der Waals surface area contributed by atoms with Gasteiger partial charge in [-0.25, -0.2) is 9.78 Å². The number of aryl methyl sites for hydroxylation is 1. The van der Waals surface area contributed by atoms with E-state index >= 15 is 0 Å². The summed E-state index contributed by atoms with van der Waals surface area (Å²) in [7, 11) is 0. The number of amides is 2. The topological polar surface area (TPSA) is 108 Å². The molecule has 0 unspecified atom stereocenters. The molecule has 0 radical (unpaired) electrons. The van der Waals surface area contributed by atoms with E-state index in [1.807, 2.05) is 20.8 Å². The van der Waals surface area contributed by atoms with Gasteiger partial charge in [-0.3, -0.25) is 4.79 Å². The van der Waals surface area contributed by atoms with Crippen molar-refractivity contribution < 1.29 is 19.4 Å². The van der Waals surface area contributed by atoms with Crippen LogP contribution in [0.1, 0.15) is 43.5 Å². The van der Waals surface area contributed by atoms with Crippen LogP contribution >= 0.6 is 11.6 Å². The highest BCUT2D eigenvalue weighted by molar-refractivity contribution is 6.30. The number of imidazole rings is 1. The highest BCUT2D eigenvalue weighted by Gasteiger charge is 2.34. The van der Waals surface area contributed by atoms with Crippen LogP contribution in [0.15, 0.2) is 0 Å². The van der Waals surface area contributed by atoms with Crippen LogP contribution in [0.5, 0.6) is 0 Å². The quantitative estimate of drug-likeness (QED) is 0.709. The van der Waals surface area contributed by atoms with Gasteiger partial charge in [-0.1, -0.05) is 32.4 Å². The van der Waals surface area contributed by atoms with E-state index in [0.717, 1.165) is 0 Å². The molecule has 1 aromatic rings. The standard InChI is InChI=1S/C16H25ClN4O4/c1-4-10-13(17)20-14(18-10)15(22)19-11-5-6-21(16(23)24)7-12(11)25-8-9(2)3/h9,11-12H,4-8H2,1-3H3,(H,18,20)(H,19,22)(H,23,24)/t11-,12+/m1/s1. The number of piperidine rings is 1. The van der Waals surface area contributed by atoms with Gasteiger partial charge in [-0.2, -0.15) is 0 Å². The number of rotatable bonds is 6. The zero-order valence-electron chi connectivity index (χ0n) is 14.7. The van der Waals surface area contributed by atoms with Crippen LogP contribution < -0.4 is 5.32 Å². The number of carboxylic acid groups (broad SMARTS) is 1. The Morgan fingerprint density at radius 1 is 1.52 bits per heavy atom. The van der Waals surface area contributed by atoms with E-state index < -0.39 is 12.2 Å². The molecular formula is C16H25ClN4O4. The molecule has 25 heavy (non-hydrogen) atoms. The van der Waals surface area contributed by atoms with Crippen molar-refractivity contribution in [1.82, 2.24) is 20.2 Å². The molecule has 1 aliphatic rings.